The summed E-state index contributed by atoms with van der Waals surface area (Å²) in [7, 11) is 0. The van der Waals surface area contributed by atoms with Crippen molar-refractivity contribution in [2.45, 2.75) is 18.9 Å². The Morgan fingerprint density at radius 2 is 1.79 bits per heavy atom. The number of aromatic nitrogens is 1. The molecule has 4 rings (SSSR count). The van der Waals surface area contributed by atoms with Crippen LogP contribution in [0.1, 0.15) is 34.9 Å². The summed E-state index contributed by atoms with van der Waals surface area (Å²) in [5.74, 6) is -0.107. The van der Waals surface area contributed by atoms with E-state index in [0.29, 0.717) is 17.6 Å². The van der Waals surface area contributed by atoms with Crippen LogP contribution in [0.4, 0.5) is 0 Å². The summed E-state index contributed by atoms with van der Waals surface area (Å²) in [6.07, 6.45) is 1.93. The third kappa shape index (κ3) is 2.50. The third-order valence-electron chi connectivity index (χ3n) is 4.68. The van der Waals surface area contributed by atoms with Crippen LogP contribution in [0, 0.1) is 0 Å². The lowest BCUT2D eigenvalue weighted by Crippen LogP contribution is -2.32. The second-order valence-electron chi connectivity index (χ2n) is 6.17. The maximum absolute atomic E-state index is 13.0. The number of carbonyl (C=O) groups is 1. The zero-order valence-corrected chi connectivity index (χ0v) is 13.2. The monoisotopic (exact) mass is 318 g/mol. The predicted octanol–water partition coefficient (Wildman–Crippen LogP) is 3.51. The highest BCUT2D eigenvalue weighted by molar-refractivity contribution is 5.96. The molecule has 0 unspecified atom stereocenters. The lowest BCUT2D eigenvalue weighted by molar-refractivity contribution is 0.0729. The Balaban J connectivity index is 1.72. The zero-order chi connectivity index (χ0) is 16.5. The van der Waals surface area contributed by atoms with E-state index >= 15 is 0 Å². The van der Waals surface area contributed by atoms with Gasteiger partial charge in [-0.15, -0.1) is 0 Å². The number of benzene rings is 2. The summed E-state index contributed by atoms with van der Waals surface area (Å²) in [6, 6.07) is 19.3. The number of amides is 1. The Morgan fingerprint density at radius 1 is 1.04 bits per heavy atom. The number of likely N-dealkylation sites (tertiary alicyclic amines) is 1. The van der Waals surface area contributed by atoms with Gasteiger partial charge >= 0.3 is 0 Å². The molecule has 120 valence electrons. The molecule has 1 amide bonds. The average Bonchev–Trinajstić information content (AvgIpc) is 3.11. The van der Waals surface area contributed by atoms with Crippen LogP contribution >= 0.6 is 0 Å². The standard InChI is InChI=1S/C20H18N2O2/c23-19-16-10-5-4-9-15(16)13-17(21-19)20(24)22-12-6-11-18(22)14-7-2-1-3-8-14/h1-5,7-10,13,18H,6,11-12H2,(H,21,23)/t18-/m0/s1. The van der Waals surface area contributed by atoms with Gasteiger partial charge in [0.25, 0.3) is 11.5 Å². The molecule has 0 spiro atoms. The maximum atomic E-state index is 13.0. The number of hydrogen-bond donors (Lipinski definition) is 1. The molecule has 1 saturated heterocycles. The Morgan fingerprint density at radius 3 is 2.62 bits per heavy atom. The van der Waals surface area contributed by atoms with Crippen molar-refractivity contribution in [1.82, 2.24) is 9.88 Å². The molecule has 0 aliphatic carbocycles. The molecule has 1 fully saturated rings. The molecule has 0 radical (unpaired) electrons. The van der Waals surface area contributed by atoms with Gasteiger partial charge in [0.15, 0.2) is 0 Å². The summed E-state index contributed by atoms with van der Waals surface area (Å²) < 4.78 is 0. The highest BCUT2D eigenvalue weighted by Crippen LogP contribution is 2.32. The van der Waals surface area contributed by atoms with Gasteiger partial charge in [-0.25, -0.2) is 0 Å². The van der Waals surface area contributed by atoms with Gasteiger partial charge in [0.2, 0.25) is 0 Å². The van der Waals surface area contributed by atoms with Crippen molar-refractivity contribution in [3.8, 4) is 0 Å². The van der Waals surface area contributed by atoms with Crippen LogP contribution in [0.15, 0.2) is 65.5 Å². The van der Waals surface area contributed by atoms with E-state index in [2.05, 4.69) is 17.1 Å². The van der Waals surface area contributed by atoms with Gasteiger partial charge in [-0.05, 0) is 35.9 Å². The number of fused-ring (bicyclic) bond motifs is 1. The van der Waals surface area contributed by atoms with Crippen LogP contribution in [-0.2, 0) is 0 Å². The first-order valence-electron chi connectivity index (χ1n) is 8.22. The molecule has 0 bridgehead atoms. The zero-order valence-electron chi connectivity index (χ0n) is 13.2. The van der Waals surface area contributed by atoms with Crippen molar-refractivity contribution in [2.75, 3.05) is 6.54 Å². The lowest BCUT2D eigenvalue weighted by Gasteiger charge is -2.25. The quantitative estimate of drug-likeness (QED) is 0.786. The summed E-state index contributed by atoms with van der Waals surface area (Å²) in [6.45, 7) is 0.716. The van der Waals surface area contributed by atoms with Crippen molar-refractivity contribution in [3.05, 3.63) is 82.3 Å². The number of pyridine rings is 1. The number of hydrogen-bond acceptors (Lipinski definition) is 2. The highest BCUT2D eigenvalue weighted by atomic mass is 16.2. The van der Waals surface area contributed by atoms with Gasteiger partial charge in [0, 0.05) is 11.9 Å². The highest BCUT2D eigenvalue weighted by Gasteiger charge is 2.31. The minimum Gasteiger partial charge on any atom is -0.330 e. The van der Waals surface area contributed by atoms with Crippen molar-refractivity contribution in [1.29, 1.82) is 0 Å². The van der Waals surface area contributed by atoms with Gasteiger partial charge in [0.1, 0.15) is 5.69 Å². The Hall–Kier alpha value is -2.88. The molecule has 1 atom stereocenters. The second kappa shape index (κ2) is 5.96. The molecule has 4 heteroatoms. The fourth-order valence-corrected chi connectivity index (χ4v) is 3.51. The first-order chi connectivity index (χ1) is 11.7. The van der Waals surface area contributed by atoms with Crippen molar-refractivity contribution >= 4 is 16.7 Å². The summed E-state index contributed by atoms with van der Waals surface area (Å²) in [4.78, 5) is 29.8. The molecule has 3 aromatic rings. The van der Waals surface area contributed by atoms with Gasteiger partial charge < -0.3 is 9.88 Å². The van der Waals surface area contributed by atoms with E-state index < -0.39 is 0 Å². The molecule has 4 nitrogen and oxygen atoms in total. The smallest absolute Gasteiger partial charge is 0.270 e. The number of H-pyrrole nitrogens is 1. The minimum absolute atomic E-state index is 0.0775. The molecule has 1 N–H and O–H groups in total. The van der Waals surface area contributed by atoms with Gasteiger partial charge in [-0.3, -0.25) is 9.59 Å². The Labute approximate surface area is 139 Å². The summed E-state index contributed by atoms with van der Waals surface area (Å²) in [5.41, 5.74) is 1.29. The summed E-state index contributed by atoms with van der Waals surface area (Å²) in [5, 5.41) is 1.40. The van der Waals surface area contributed by atoms with Crippen LogP contribution in [-0.4, -0.2) is 22.3 Å². The molecule has 24 heavy (non-hydrogen) atoms. The van der Waals surface area contributed by atoms with Crippen molar-refractivity contribution in [3.63, 3.8) is 0 Å². The van der Waals surface area contributed by atoms with E-state index in [0.717, 1.165) is 23.8 Å². The topological polar surface area (TPSA) is 53.2 Å². The molecular weight excluding hydrogens is 300 g/mol. The third-order valence-corrected chi connectivity index (χ3v) is 4.68. The lowest BCUT2D eigenvalue weighted by atomic mass is 10.0. The normalized spacial score (nSPS) is 17.3. The number of carbonyl (C=O) groups excluding carboxylic acids is 1. The fourth-order valence-electron chi connectivity index (χ4n) is 3.51. The SMILES string of the molecule is O=C(c1cc2ccccc2c(=O)[nH]1)N1CCC[C@H]1c1ccccc1. The van der Waals surface area contributed by atoms with Crippen LogP contribution in [0.25, 0.3) is 10.8 Å². The van der Waals surface area contributed by atoms with E-state index in [9.17, 15) is 9.59 Å². The molecule has 1 aromatic heterocycles. The molecule has 2 aromatic carbocycles. The largest absolute Gasteiger partial charge is 0.330 e. The Kier molecular flexibility index (Phi) is 3.65. The molecular formula is C20H18N2O2. The van der Waals surface area contributed by atoms with Gasteiger partial charge in [0.05, 0.1) is 6.04 Å². The number of nitrogens with one attached hydrogen (secondary N) is 1. The van der Waals surface area contributed by atoms with E-state index in [1.165, 1.54) is 0 Å². The fraction of sp³-hybridized carbons (Fsp3) is 0.200. The van der Waals surface area contributed by atoms with Crippen molar-refractivity contribution in [2.24, 2.45) is 0 Å². The molecule has 0 saturated carbocycles. The van der Waals surface area contributed by atoms with E-state index in [4.69, 9.17) is 0 Å². The van der Waals surface area contributed by atoms with Crippen LogP contribution in [0.3, 0.4) is 0 Å². The van der Waals surface area contributed by atoms with Crippen LogP contribution < -0.4 is 5.56 Å². The van der Waals surface area contributed by atoms with E-state index in [1.54, 1.807) is 12.1 Å². The molecule has 1 aliphatic rings. The first-order valence-corrected chi connectivity index (χ1v) is 8.22. The average molecular weight is 318 g/mol. The number of nitrogens with zero attached hydrogens (tertiary/aromatic N) is 1. The minimum atomic E-state index is -0.216. The van der Waals surface area contributed by atoms with Gasteiger partial charge in [-0.1, -0.05) is 48.5 Å². The van der Waals surface area contributed by atoms with E-state index in [1.807, 2.05) is 41.3 Å². The molecule has 2 heterocycles. The maximum Gasteiger partial charge on any atom is 0.270 e. The van der Waals surface area contributed by atoms with Crippen LogP contribution in [0.2, 0.25) is 0 Å². The first kappa shape index (κ1) is 14.7. The second-order valence-corrected chi connectivity index (χ2v) is 6.17. The molecule has 1 aliphatic heterocycles. The van der Waals surface area contributed by atoms with E-state index in [-0.39, 0.29) is 17.5 Å². The number of aromatic amines is 1. The van der Waals surface area contributed by atoms with Crippen LogP contribution in [0.5, 0.6) is 0 Å². The summed E-state index contributed by atoms with van der Waals surface area (Å²) >= 11 is 0. The number of rotatable bonds is 2. The predicted molar refractivity (Wildman–Crippen MR) is 94.0 cm³/mol. The van der Waals surface area contributed by atoms with Crippen molar-refractivity contribution < 1.29 is 4.79 Å². The van der Waals surface area contributed by atoms with Gasteiger partial charge in [-0.2, -0.15) is 0 Å². The Bertz CT molecular complexity index is 947.